The third kappa shape index (κ3) is 4.20. The van der Waals surface area contributed by atoms with Crippen LogP contribution in [0.25, 0.3) is 0 Å². The molecule has 168 valence electrons. The minimum atomic E-state index is -0.584. The monoisotopic (exact) mass is 447 g/mol. The van der Waals surface area contributed by atoms with Crippen LogP contribution in [0, 0.1) is 5.92 Å². The molecule has 2 heterocycles. The van der Waals surface area contributed by atoms with Gasteiger partial charge in [0, 0.05) is 17.7 Å². The second kappa shape index (κ2) is 9.71. The predicted molar refractivity (Wildman–Crippen MR) is 133 cm³/mol. The number of amides is 1. The van der Waals surface area contributed by atoms with Gasteiger partial charge in [0.15, 0.2) is 5.78 Å². The smallest absolute Gasteiger partial charge is 0.263 e. The van der Waals surface area contributed by atoms with E-state index in [1.165, 1.54) is 0 Å². The Balaban J connectivity index is 1.52. The van der Waals surface area contributed by atoms with Gasteiger partial charge in [-0.05, 0) is 17.2 Å². The minimum Gasteiger partial charge on any atom is -0.358 e. The molecule has 2 aliphatic heterocycles. The SMILES string of the molecule is O=C(c1ccccc1)C1C(c2ccccc2)C(C(=O)NN=Cc2ccccc2)N2C=CC=CC12. The van der Waals surface area contributed by atoms with Crippen molar-refractivity contribution in [2.24, 2.45) is 11.0 Å². The first-order valence-corrected chi connectivity index (χ1v) is 11.4. The predicted octanol–water partition coefficient (Wildman–Crippen LogP) is 4.56. The van der Waals surface area contributed by atoms with Gasteiger partial charge in [0.05, 0.1) is 18.2 Å². The summed E-state index contributed by atoms with van der Waals surface area (Å²) in [6.07, 6.45) is 9.40. The van der Waals surface area contributed by atoms with E-state index in [0.29, 0.717) is 5.56 Å². The Morgan fingerprint density at radius 3 is 2.18 bits per heavy atom. The van der Waals surface area contributed by atoms with Crippen LogP contribution in [0.2, 0.25) is 0 Å². The van der Waals surface area contributed by atoms with Crippen molar-refractivity contribution in [3.05, 3.63) is 132 Å². The summed E-state index contributed by atoms with van der Waals surface area (Å²) >= 11 is 0. The summed E-state index contributed by atoms with van der Waals surface area (Å²) in [7, 11) is 0. The van der Waals surface area contributed by atoms with E-state index in [2.05, 4.69) is 10.5 Å². The maximum Gasteiger partial charge on any atom is 0.263 e. The van der Waals surface area contributed by atoms with E-state index in [0.717, 1.165) is 11.1 Å². The van der Waals surface area contributed by atoms with Crippen molar-refractivity contribution < 1.29 is 9.59 Å². The Bertz CT molecular complexity index is 1240. The standard InChI is InChI=1S/C29H25N3O2/c33-28(23-16-8-3-9-17-23)26-24-18-10-11-19-32(24)27(25(26)22-14-6-2-7-15-22)29(34)31-30-20-21-12-4-1-5-13-21/h1-20,24-27H,(H,31,34). The molecule has 5 heteroatoms. The second-order valence-corrected chi connectivity index (χ2v) is 8.45. The molecule has 0 radical (unpaired) electrons. The van der Waals surface area contributed by atoms with E-state index in [-0.39, 0.29) is 23.7 Å². The van der Waals surface area contributed by atoms with Gasteiger partial charge in [-0.1, -0.05) is 103 Å². The molecule has 0 aromatic heterocycles. The van der Waals surface area contributed by atoms with Gasteiger partial charge in [-0.25, -0.2) is 5.43 Å². The fourth-order valence-corrected chi connectivity index (χ4v) is 4.96. The summed E-state index contributed by atoms with van der Waals surface area (Å²) in [5.41, 5.74) is 5.23. The number of rotatable bonds is 6. The number of hydrazone groups is 1. The van der Waals surface area contributed by atoms with Gasteiger partial charge in [0.1, 0.15) is 6.04 Å². The summed E-state index contributed by atoms with van der Waals surface area (Å²) in [5.74, 6) is -0.958. The summed E-state index contributed by atoms with van der Waals surface area (Å²) in [6.45, 7) is 0. The van der Waals surface area contributed by atoms with Gasteiger partial charge in [-0.3, -0.25) is 9.59 Å². The normalized spacial score (nSPS) is 23.1. The number of carbonyl (C=O) groups excluding carboxylic acids is 2. The van der Waals surface area contributed by atoms with Crippen LogP contribution in [-0.4, -0.2) is 34.9 Å². The number of Topliss-reactive ketones (excluding diaryl/α,β-unsaturated/α-hetero) is 1. The van der Waals surface area contributed by atoms with Gasteiger partial charge < -0.3 is 4.90 Å². The molecule has 3 aromatic carbocycles. The van der Waals surface area contributed by atoms with E-state index in [1.807, 2.05) is 120 Å². The molecular weight excluding hydrogens is 422 g/mol. The van der Waals surface area contributed by atoms with E-state index in [4.69, 9.17) is 0 Å². The van der Waals surface area contributed by atoms with E-state index in [1.54, 1.807) is 6.21 Å². The summed E-state index contributed by atoms with van der Waals surface area (Å²) in [5, 5.41) is 4.20. The molecule has 0 bridgehead atoms. The van der Waals surface area contributed by atoms with Crippen LogP contribution in [0.1, 0.15) is 27.4 Å². The third-order valence-electron chi connectivity index (χ3n) is 6.44. The van der Waals surface area contributed by atoms with E-state index >= 15 is 0 Å². The van der Waals surface area contributed by atoms with Crippen molar-refractivity contribution in [3.8, 4) is 0 Å². The Hall–Kier alpha value is -4.25. The zero-order valence-electron chi connectivity index (χ0n) is 18.6. The number of allylic oxidation sites excluding steroid dienone is 2. The first-order valence-electron chi connectivity index (χ1n) is 11.4. The van der Waals surface area contributed by atoms with Crippen molar-refractivity contribution >= 4 is 17.9 Å². The van der Waals surface area contributed by atoms with Crippen molar-refractivity contribution in [3.63, 3.8) is 0 Å². The van der Waals surface area contributed by atoms with Crippen LogP contribution in [0.4, 0.5) is 0 Å². The van der Waals surface area contributed by atoms with Crippen molar-refractivity contribution in [1.82, 2.24) is 10.3 Å². The summed E-state index contributed by atoms with van der Waals surface area (Å²) in [6, 6.07) is 27.9. The first-order chi connectivity index (χ1) is 16.7. The number of nitrogens with zero attached hydrogens (tertiary/aromatic N) is 2. The first kappa shape index (κ1) is 21.6. The van der Waals surface area contributed by atoms with Gasteiger partial charge in [0.2, 0.25) is 0 Å². The van der Waals surface area contributed by atoms with Crippen LogP contribution in [0.3, 0.4) is 0 Å². The maximum atomic E-state index is 13.8. The van der Waals surface area contributed by atoms with E-state index < -0.39 is 12.0 Å². The topological polar surface area (TPSA) is 61.8 Å². The maximum absolute atomic E-state index is 13.8. The zero-order chi connectivity index (χ0) is 23.3. The average Bonchev–Trinajstić information content (AvgIpc) is 3.25. The van der Waals surface area contributed by atoms with Gasteiger partial charge in [-0.15, -0.1) is 0 Å². The lowest BCUT2D eigenvalue weighted by atomic mass is 9.77. The largest absolute Gasteiger partial charge is 0.358 e. The van der Waals surface area contributed by atoms with Crippen LogP contribution in [-0.2, 0) is 4.79 Å². The Labute approximate surface area is 199 Å². The third-order valence-corrected chi connectivity index (χ3v) is 6.44. The fraction of sp³-hybridized carbons (Fsp3) is 0.138. The molecule has 2 aliphatic rings. The molecule has 34 heavy (non-hydrogen) atoms. The van der Waals surface area contributed by atoms with Gasteiger partial charge in [-0.2, -0.15) is 5.10 Å². The molecule has 0 saturated carbocycles. The van der Waals surface area contributed by atoms with Crippen molar-refractivity contribution in [2.45, 2.75) is 18.0 Å². The van der Waals surface area contributed by atoms with Crippen molar-refractivity contribution in [1.29, 1.82) is 0 Å². The highest BCUT2D eigenvalue weighted by Gasteiger charge is 2.53. The summed E-state index contributed by atoms with van der Waals surface area (Å²) in [4.78, 5) is 29.3. The lowest BCUT2D eigenvalue weighted by Crippen LogP contribution is -2.44. The highest BCUT2D eigenvalue weighted by molar-refractivity contribution is 6.00. The molecule has 5 nitrogen and oxygen atoms in total. The number of benzene rings is 3. The molecule has 1 saturated heterocycles. The number of carbonyl (C=O) groups is 2. The lowest BCUT2D eigenvalue weighted by molar-refractivity contribution is -0.125. The average molecular weight is 448 g/mol. The van der Waals surface area contributed by atoms with Crippen LogP contribution >= 0.6 is 0 Å². The van der Waals surface area contributed by atoms with Gasteiger partial charge >= 0.3 is 0 Å². The van der Waals surface area contributed by atoms with Crippen LogP contribution < -0.4 is 5.43 Å². The Morgan fingerprint density at radius 1 is 0.824 bits per heavy atom. The van der Waals surface area contributed by atoms with E-state index in [9.17, 15) is 9.59 Å². The zero-order valence-corrected chi connectivity index (χ0v) is 18.6. The summed E-state index contributed by atoms with van der Waals surface area (Å²) < 4.78 is 0. The molecule has 4 unspecified atom stereocenters. The molecule has 3 aromatic rings. The Kier molecular flexibility index (Phi) is 6.17. The molecule has 0 aliphatic carbocycles. The molecule has 1 amide bonds. The lowest BCUT2D eigenvalue weighted by Gasteiger charge is -2.29. The molecule has 0 spiro atoms. The fourth-order valence-electron chi connectivity index (χ4n) is 4.96. The second-order valence-electron chi connectivity index (χ2n) is 8.45. The number of hydrogen-bond acceptors (Lipinski definition) is 4. The molecular formula is C29H25N3O2. The number of fused-ring (bicyclic) bond motifs is 1. The minimum absolute atomic E-state index is 0.0347. The highest BCUT2D eigenvalue weighted by Crippen LogP contribution is 2.45. The van der Waals surface area contributed by atoms with Crippen LogP contribution in [0.15, 0.2) is 121 Å². The molecule has 1 fully saturated rings. The Morgan fingerprint density at radius 2 is 1.47 bits per heavy atom. The molecule has 1 N–H and O–H groups in total. The number of hydrogen-bond donors (Lipinski definition) is 1. The quantitative estimate of drug-likeness (QED) is 0.342. The van der Waals surface area contributed by atoms with Crippen molar-refractivity contribution in [2.75, 3.05) is 0 Å². The molecule has 5 rings (SSSR count). The highest BCUT2D eigenvalue weighted by atomic mass is 16.2. The molecule has 4 atom stereocenters. The number of nitrogens with one attached hydrogen (secondary N) is 1. The van der Waals surface area contributed by atoms with Gasteiger partial charge in [0.25, 0.3) is 5.91 Å². The van der Waals surface area contributed by atoms with Crippen LogP contribution in [0.5, 0.6) is 0 Å². The number of ketones is 1.